The van der Waals surface area contributed by atoms with E-state index in [1.807, 2.05) is 12.1 Å². The Bertz CT molecular complexity index is 1040. The smallest absolute Gasteiger partial charge is 0.168 e. The molecule has 0 atom stereocenters. The second-order valence-corrected chi connectivity index (χ2v) is 6.08. The van der Waals surface area contributed by atoms with Gasteiger partial charge in [-0.1, -0.05) is 42.8 Å². The fourth-order valence-corrected chi connectivity index (χ4v) is 3.20. The van der Waals surface area contributed by atoms with Crippen LogP contribution >= 0.6 is 0 Å². The number of nitrogens with zero attached hydrogens (tertiary/aromatic N) is 1. The van der Waals surface area contributed by atoms with Crippen LogP contribution in [0.4, 0.5) is 0 Å². The van der Waals surface area contributed by atoms with E-state index in [0.717, 1.165) is 11.1 Å². The first-order valence-electron chi connectivity index (χ1n) is 8.11. The van der Waals surface area contributed by atoms with Crippen LogP contribution in [-0.4, -0.2) is 0 Å². The molecule has 0 aliphatic heterocycles. The van der Waals surface area contributed by atoms with Gasteiger partial charge in [-0.2, -0.15) is 24.3 Å². The van der Waals surface area contributed by atoms with Gasteiger partial charge >= 0.3 is 0 Å². The third-order valence-corrected chi connectivity index (χ3v) is 4.46. The minimum Gasteiger partial charge on any atom is -0.225 e. The summed E-state index contributed by atoms with van der Waals surface area (Å²) in [5, 5.41) is 2.44. The van der Waals surface area contributed by atoms with Gasteiger partial charge in [0.2, 0.25) is 0 Å². The Morgan fingerprint density at radius 2 is 1.64 bits per heavy atom. The van der Waals surface area contributed by atoms with E-state index in [4.69, 9.17) is 0 Å². The number of benzene rings is 3. The van der Waals surface area contributed by atoms with Gasteiger partial charge in [-0.05, 0) is 6.07 Å². The number of hydrogen-bond donors (Lipinski definition) is 0. The Hall–Kier alpha value is -1.83. The molecule has 0 N–H and O–H groups in total. The molecule has 25 heavy (non-hydrogen) atoms. The van der Waals surface area contributed by atoms with Gasteiger partial charge in [-0.3, -0.25) is 0 Å². The molecule has 4 aromatic rings. The van der Waals surface area contributed by atoms with Gasteiger partial charge in [0.25, 0.3) is 0 Å². The fourth-order valence-electron chi connectivity index (χ4n) is 3.20. The molecule has 0 unspecified atom stereocenters. The van der Waals surface area contributed by atoms with Crippen molar-refractivity contribution >= 4 is 10.8 Å². The maximum atomic E-state index is 3.44. The van der Waals surface area contributed by atoms with Crippen molar-refractivity contribution in [3.63, 3.8) is 0 Å². The zero-order valence-electron chi connectivity index (χ0n) is 14.5. The van der Waals surface area contributed by atoms with Gasteiger partial charge in [-0.25, -0.2) is 15.7 Å². The zero-order chi connectivity index (χ0) is 16.5. The molecule has 3 aromatic carbocycles. The molecule has 1 radical (unpaired) electrons. The van der Waals surface area contributed by atoms with Crippen LogP contribution in [0.3, 0.4) is 0 Å². The Labute approximate surface area is 174 Å². The van der Waals surface area contributed by atoms with Crippen LogP contribution in [0, 0.1) is 19.1 Å². The molecule has 0 saturated heterocycles. The molecule has 1 heterocycles. The summed E-state index contributed by atoms with van der Waals surface area (Å²) >= 11 is 0. The fraction of sp³-hybridized carbons (Fsp3) is 0.0870. The van der Waals surface area contributed by atoms with Crippen LogP contribution in [0.15, 0.2) is 72.9 Å². The largest absolute Gasteiger partial charge is 0.225 e. The molecule has 0 fully saturated rings. The molecule has 4 rings (SSSR count). The number of hydrogen-bond acceptors (Lipinski definition) is 0. The normalized spacial score (nSPS) is 10.5. The van der Waals surface area contributed by atoms with Crippen molar-refractivity contribution < 1.29 is 37.3 Å². The topological polar surface area (TPSA) is 3.88 Å². The molecular weight excluding hydrogens is 379 g/mol. The third kappa shape index (κ3) is 3.45. The Morgan fingerprint density at radius 3 is 2.44 bits per heavy atom. The van der Waals surface area contributed by atoms with E-state index in [2.05, 4.69) is 91.5 Å². The van der Waals surface area contributed by atoms with Gasteiger partial charge in [0.05, 0.1) is 0 Å². The van der Waals surface area contributed by atoms with Crippen LogP contribution in [-0.2, 0) is 39.8 Å². The van der Waals surface area contributed by atoms with E-state index in [1.54, 1.807) is 0 Å². The van der Waals surface area contributed by atoms with E-state index in [1.165, 1.54) is 27.6 Å². The van der Waals surface area contributed by atoms with Gasteiger partial charge in [0, 0.05) is 38.8 Å². The molecule has 0 aliphatic rings. The number of aromatic nitrogens is 1. The summed E-state index contributed by atoms with van der Waals surface area (Å²) in [5.41, 5.74) is 5.82. The van der Waals surface area contributed by atoms with Crippen LogP contribution < -0.4 is 4.57 Å². The number of rotatable bonds is 2. The molecule has 1 nitrogen and oxygen atoms in total. The monoisotopic (exact) mass is 397 g/mol. The van der Waals surface area contributed by atoms with Gasteiger partial charge < -0.3 is 0 Å². The summed E-state index contributed by atoms with van der Waals surface area (Å²) < 4.78 is 2.15. The number of pyridine rings is 1. The Balaban J connectivity index is 0.00000182. The average molecular weight is 397 g/mol. The summed E-state index contributed by atoms with van der Waals surface area (Å²) in [6.45, 7) is 2.15. The zero-order valence-corrected chi connectivity index (χ0v) is 17.3. The average Bonchev–Trinajstić information content (AvgIpc) is 2.62. The van der Waals surface area contributed by atoms with Gasteiger partial charge in [0.15, 0.2) is 11.9 Å². The minimum absolute atomic E-state index is 0. The van der Waals surface area contributed by atoms with Crippen LogP contribution in [0.2, 0.25) is 0 Å². The first kappa shape index (κ1) is 18.0. The SMILES string of the molecule is Cc1cc[c-]c(-c2[c-]cc3ccccc3c2)c1-c1cccc[n+]1C.[Y]. The molecule has 2 heteroatoms. The number of fused-ring (bicyclic) bond motifs is 1. The van der Waals surface area contributed by atoms with E-state index >= 15 is 0 Å². The Kier molecular flexibility index (Phi) is 5.46. The first-order valence-corrected chi connectivity index (χ1v) is 8.11. The van der Waals surface area contributed by atoms with Crippen LogP contribution in [0.5, 0.6) is 0 Å². The predicted molar refractivity (Wildman–Crippen MR) is 98.4 cm³/mol. The summed E-state index contributed by atoms with van der Waals surface area (Å²) in [6.07, 6.45) is 2.08. The van der Waals surface area contributed by atoms with E-state index in [0.29, 0.717) is 0 Å². The molecule has 0 saturated carbocycles. The summed E-state index contributed by atoms with van der Waals surface area (Å²) in [6, 6.07) is 29.9. The maximum absolute atomic E-state index is 3.44. The molecule has 1 aromatic heterocycles. The van der Waals surface area contributed by atoms with Crippen molar-refractivity contribution in [1.29, 1.82) is 0 Å². The molecule has 0 bridgehead atoms. The van der Waals surface area contributed by atoms with Crippen molar-refractivity contribution in [2.24, 2.45) is 7.05 Å². The van der Waals surface area contributed by atoms with Crippen LogP contribution in [0.25, 0.3) is 33.2 Å². The Morgan fingerprint density at radius 1 is 0.880 bits per heavy atom. The maximum Gasteiger partial charge on any atom is 0.168 e. The van der Waals surface area contributed by atoms with Crippen molar-refractivity contribution in [2.75, 3.05) is 0 Å². The van der Waals surface area contributed by atoms with E-state index in [9.17, 15) is 0 Å². The number of aryl methyl sites for hydroxylation is 2. The third-order valence-electron chi connectivity index (χ3n) is 4.46. The summed E-state index contributed by atoms with van der Waals surface area (Å²) in [4.78, 5) is 0. The second-order valence-electron chi connectivity index (χ2n) is 6.08. The predicted octanol–water partition coefficient (Wildman–Crippen LogP) is 4.90. The van der Waals surface area contributed by atoms with Gasteiger partial charge in [0.1, 0.15) is 7.05 Å². The molecular formula is C23H18NY-. The quantitative estimate of drug-likeness (QED) is 0.335. The second kappa shape index (κ2) is 7.60. The molecule has 119 valence electrons. The summed E-state index contributed by atoms with van der Waals surface area (Å²) in [7, 11) is 2.08. The van der Waals surface area contributed by atoms with Crippen molar-refractivity contribution in [2.45, 2.75) is 6.92 Å². The van der Waals surface area contributed by atoms with Crippen molar-refractivity contribution in [3.05, 3.63) is 90.6 Å². The van der Waals surface area contributed by atoms with Crippen molar-refractivity contribution in [1.82, 2.24) is 0 Å². The first-order chi connectivity index (χ1) is 11.7. The molecule has 0 aliphatic carbocycles. The van der Waals surface area contributed by atoms with E-state index in [-0.39, 0.29) is 32.7 Å². The van der Waals surface area contributed by atoms with E-state index < -0.39 is 0 Å². The van der Waals surface area contributed by atoms with Crippen molar-refractivity contribution in [3.8, 4) is 22.4 Å². The van der Waals surface area contributed by atoms with Gasteiger partial charge in [-0.15, -0.1) is 28.5 Å². The molecule has 0 amide bonds. The minimum atomic E-state index is 0. The molecule has 0 spiro atoms. The standard InChI is InChI=1S/C23H18N.Y/c1-17-8-7-11-21(23(17)22-12-5-6-15-24(22)2)20-14-13-18-9-3-4-10-19(18)16-20;/h3-10,12-13,15-16H,1-2H3;/q-1;. The van der Waals surface area contributed by atoms with Crippen LogP contribution in [0.1, 0.15) is 5.56 Å². The summed E-state index contributed by atoms with van der Waals surface area (Å²) in [5.74, 6) is 0.